The van der Waals surface area contributed by atoms with E-state index in [2.05, 4.69) is 33.7 Å². The van der Waals surface area contributed by atoms with E-state index in [1.165, 1.54) is 5.56 Å². The van der Waals surface area contributed by atoms with Crippen LogP contribution in [0.5, 0.6) is 11.8 Å². The molecule has 2 aromatic heterocycles. The first kappa shape index (κ1) is 12.6. The topological polar surface area (TPSA) is 56.3 Å². The van der Waals surface area contributed by atoms with Gasteiger partial charge in [-0.05, 0) is 29.3 Å². The molecule has 18 heavy (non-hydrogen) atoms. The van der Waals surface area contributed by atoms with Gasteiger partial charge in [-0.2, -0.15) is 21.3 Å². The number of hydrogen-bond donors (Lipinski definition) is 1. The highest BCUT2D eigenvalue weighted by Crippen LogP contribution is 2.22. The van der Waals surface area contributed by atoms with E-state index < -0.39 is 0 Å². The molecule has 1 N–H and O–H groups in total. The molecule has 0 amide bonds. The lowest BCUT2D eigenvalue weighted by atomic mass is 10.2. The van der Waals surface area contributed by atoms with Crippen LogP contribution in [0.2, 0.25) is 0 Å². The van der Waals surface area contributed by atoms with Crippen LogP contribution >= 0.6 is 11.3 Å². The fourth-order valence-electron chi connectivity index (χ4n) is 1.48. The zero-order valence-electron chi connectivity index (χ0n) is 10.5. The first-order chi connectivity index (χ1) is 8.72. The quantitative estimate of drug-likeness (QED) is 0.900. The Labute approximate surface area is 110 Å². The summed E-state index contributed by atoms with van der Waals surface area (Å²) in [6, 6.07) is 3.84. The van der Waals surface area contributed by atoms with Gasteiger partial charge in [-0.3, -0.25) is 0 Å². The molecule has 2 heterocycles. The van der Waals surface area contributed by atoms with Crippen molar-refractivity contribution in [2.45, 2.75) is 13.0 Å². The first-order valence-electron chi connectivity index (χ1n) is 5.48. The summed E-state index contributed by atoms with van der Waals surface area (Å²) in [7, 11) is 3.13. The number of rotatable bonds is 5. The van der Waals surface area contributed by atoms with E-state index in [4.69, 9.17) is 9.47 Å². The predicted octanol–water partition coefficient (Wildman–Crippen LogP) is 2.73. The molecule has 0 spiro atoms. The van der Waals surface area contributed by atoms with Crippen molar-refractivity contribution >= 4 is 17.3 Å². The third kappa shape index (κ3) is 2.89. The number of anilines is 1. The molecule has 96 valence electrons. The smallest absolute Gasteiger partial charge is 0.229 e. The minimum absolute atomic E-state index is 0.132. The monoisotopic (exact) mass is 265 g/mol. The van der Waals surface area contributed by atoms with Crippen LogP contribution in [0.25, 0.3) is 0 Å². The second-order valence-electron chi connectivity index (χ2n) is 3.70. The molecule has 0 aliphatic heterocycles. The van der Waals surface area contributed by atoms with E-state index in [-0.39, 0.29) is 6.04 Å². The molecule has 0 aliphatic carbocycles. The Kier molecular flexibility index (Phi) is 3.99. The molecule has 0 saturated heterocycles. The lowest BCUT2D eigenvalue weighted by Gasteiger charge is -2.13. The summed E-state index contributed by atoms with van der Waals surface area (Å²) in [6.45, 7) is 2.05. The van der Waals surface area contributed by atoms with Crippen molar-refractivity contribution < 1.29 is 9.47 Å². The number of nitrogens with one attached hydrogen (secondary N) is 1. The van der Waals surface area contributed by atoms with Crippen molar-refractivity contribution in [3.63, 3.8) is 0 Å². The van der Waals surface area contributed by atoms with Crippen LogP contribution < -0.4 is 14.8 Å². The van der Waals surface area contributed by atoms with Crippen LogP contribution in [-0.4, -0.2) is 24.2 Å². The van der Waals surface area contributed by atoms with Gasteiger partial charge < -0.3 is 14.8 Å². The maximum atomic E-state index is 5.10. The normalized spacial score (nSPS) is 11.9. The van der Waals surface area contributed by atoms with Crippen molar-refractivity contribution in [3.8, 4) is 11.8 Å². The lowest BCUT2D eigenvalue weighted by molar-refractivity contribution is 0.372. The van der Waals surface area contributed by atoms with Gasteiger partial charge in [0.2, 0.25) is 17.7 Å². The molecule has 0 aromatic carbocycles. The molecule has 5 nitrogen and oxygen atoms in total. The van der Waals surface area contributed by atoms with Crippen molar-refractivity contribution in [1.82, 2.24) is 9.97 Å². The second-order valence-corrected chi connectivity index (χ2v) is 4.48. The van der Waals surface area contributed by atoms with Gasteiger partial charge in [0, 0.05) is 0 Å². The molecule has 1 unspecified atom stereocenters. The molecule has 6 heteroatoms. The SMILES string of the molecule is COc1cc(OC)nc(NC(C)c2ccsc2)n1. The summed E-state index contributed by atoms with van der Waals surface area (Å²) in [6.07, 6.45) is 0. The molecule has 2 rings (SSSR count). The largest absolute Gasteiger partial charge is 0.481 e. The third-order valence-corrected chi connectivity index (χ3v) is 3.19. The average Bonchev–Trinajstić information content (AvgIpc) is 2.92. The van der Waals surface area contributed by atoms with Gasteiger partial charge in [-0.15, -0.1) is 0 Å². The minimum Gasteiger partial charge on any atom is -0.481 e. The summed E-state index contributed by atoms with van der Waals surface area (Å²) in [5, 5.41) is 7.35. The number of aromatic nitrogens is 2. The maximum absolute atomic E-state index is 5.10. The van der Waals surface area contributed by atoms with Gasteiger partial charge in [0.25, 0.3) is 0 Å². The first-order valence-corrected chi connectivity index (χ1v) is 6.43. The standard InChI is InChI=1S/C12H15N3O2S/c1-8(9-4-5-18-7-9)13-12-14-10(16-2)6-11(15-12)17-3/h4-8H,1-3H3,(H,13,14,15). The fraction of sp³-hybridized carbons (Fsp3) is 0.333. The van der Waals surface area contributed by atoms with Crippen molar-refractivity contribution in [2.24, 2.45) is 0 Å². The van der Waals surface area contributed by atoms with Crippen LogP contribution in [0.4, 0.5) is 5.95 Å². The lowest BCUT2D eigenvalue weighted by Crippen LogP contribution is -2.09. The number of methoxy groups -OCH3 is 2. The Hall–Kier alpha value is -1.82. The van der Waals surface area contributed by atoms with Crippen LogP contribution in [0.1, 0.15) is 18.5 Å². The van der Waals surface area contributed by atoms with E-state index in [1.54, 1.807) is 31.6 Å². The molecule has 0 radical (unpaired) electrons. The number of nitrogens with zero attached hydrogens (tertiary/aromatic N) is 2. The minimum atomic E-state index is 0.132. The second kappa shape index (κ2) is 5.68. The number of thiophene rings is 1. The van der Waals surface area contributed by atoms with Crippen LogP contribution in [-0.2, 0) is 0 Å². The van der Waals surface area contributed by atoms with Gasteiger partial charge in [-0.1, -0.05) is 0 Å². The van der Waals surface area contributed by atoms with Gasteiger partial charge in [0.1, 0.15) is 0 Å². The zero-order chi connectivity index (χ0) is 13.0. The Morgan fingerprint density at radius 2 is 1.89 bits per heavy atom. The molecule has 2 aromatic rings. The summed E-state index contributed by atoms with van der Waals surface area (Å²) in [5.74, 6) is 1.44. The molecule has 0 fully saturated rings. The Morgan fingerprint density at radius 3 is 2.39 bits per heavy atom. The fourth-order valence-corrected chi connectivity index (χ4v) is 2.23. The maximum Gasteiger partial charge on any atom is 0.229 e. The van der Waals surface area contributed by atoms with Gasteiger partial charge in [-0.25, -0.2) is 0 Å². The van der Waals surface area contributed by atoms with E-state index in [9.17, 15) is 0 Å². The highest BCUT2D eigenvalue weighted by atomic mass is 32.1. The Morgan fingerprint density at radius 1 is 1.22 bits per heavy atom. The molecule has 1 atom stereocenters. The molecule has 0 saturated carbocycles. The highest BCUT2D eigenvalue weighted by molar-refractivity contribution is 7.07. The number of ether oxygens (including phenoxy) is 2. The van der Waals surface area contributed by atoms with Crippen molar-refractivity contribution in [3.05, 3.63) is 28.5 Å². The van der Waals surface area contributed by atoms with Crippen molar-refractivity contribution in [2.75, 3.05) is 19.5 Å². The van der Waals surface area contributed by atoms with E-state index in [0.29, 0.717) is 17.7 Å². The molecular weight excluding hydrogens is 250 g/mol. The zero-order valence-corrected chi connectivity index (χ0v) is 11.3. The molecule has 0 bridgehead atoms. The van der Waals surface area contributed by atoms with Gasteiger partial charge >= 0.3 is 0 Å². The van der Waals surface area contributed by atoms with E-state index >= 15 is 0 Å². The summed E-state index contributed by atoms with van der Waals surface area (Å²) in [5.41, 5.74) is 1.20. The van der Waals surface area contributed by atoms with Gasteiger partial charge in [0.05, 0.1) is 26.3 Å². The summed E-state index contributed by atoms with van der Waals surface area (Å²) in [4.78, 5) is 8.46. The molecule has 0 aliphatic rings. The summed E-state index contributed by atoms with van der Waals surface area (Å²) >= 11 is 1.66. The van der Waals surface area contributed by atoms with Gasteiger partial charge in [0.15, 0.2) is 0 Å². The van der Waals surface area contributed by atoms with E-state index in [1.807, 2.05) is 5.38 Å². The third-order valence-electron chi connectivity index (χ3n) is 2.49. The molecular formula is C12H15N3O2S. The Balaban J connectivity index is 2.17. The van der Waals surface area contributed by atoms with Crippen LogP contribution in [0.3, 0.4) is 0 Å². The average molecular weight is 265 g/mol. The summed E-state index contributed by atoms with van der Waals surface area (Å²) < 4.78 is 10.2. The van der Waals surface area contributed by atoms with E-state index in [0.717, 1.165) is 0 Å². The Bertz CT molecular complexity index is 480. The predicted molar refractivity (Wildman–Crippen MR) is 71.5 cm³/mol. The van der Waals surface area contributed by atoms with Crippen LogP contribution in [0, 0.1) is 0 Å². The van der Waals surface area contributed by atoms with Crippen molar-refractivity contribution in [1.29, 1.82) is 0 Å². The van der Waals surface area contributed by atoms with Crippen LogP contribution in [0.15, 0.2) is 22.9 Å². The number of hydrogen-bond acceptors (Lipinski definition) is 6. The highest BCUT2D eigenvalue weighted by Gasteiger charge is 2.10.